The average Bonchev–Trinajstić information content (AvgIpc) is 2.85. The smallest absolute Gasteiger partial charge is 0.322 e. The van der Waals surface area contributed by atoms with E-state index in [0.717, 1.165) is 42.5 Å². The average molecular weight is 337 g/mol. The second-order valence-corrected chi connectivity index (χ2v) is 7.19. The highest BCUT2D eigenvalue weighted by atomic mass is 32.2. The molecule has 1 atom stereocenters. The number of likely N-dealkylation sites (N-methyl/N-ethyl adjacent to an activating group) is 1. The Balaban J connectivity index is 1.69. The van der Waals surface area contributed by atoms with Crippen molar-refractivity contribution in [3.8, 4) is 11.5 Å². The fraction of sp³-hybridized carbons (Fsp3) is 0.562. The number of fused-ring (bicyclic) bond motifs is 1. The van der Waals surface area contributed by atoms with Gasteiger partial charge in [-0.1, -0.05) is 0 Å². The predicted octanol–water partition coefficient (Wildman–Crippen LogP) is 2.32. The number of carbonyl (C=O) groups excluding carboxylic acids is 1. The Morgan fingerprint density at radius 2 is 2.22 bits per heavy atom. The van der Waals surface area contributed by atoms with E-state index in [9.17, 15) is 4.79 Å². The summed E-state index contributed by atoms with van der Waals surface area (Å²) in [7, 11) is 4.09. The largest absolute Gasteiger partial charge is 0.454 e. The van der Waals surface area contributed by atoms with Gasteiger partial charge < -0.3 is 24.6 Å². The van der Waals surface area contributed by atoms with E-state index in [1.54, 1.807) is 0 Å². The molecule has 0 bridgehead atoms. The van der Waals surface area contributed by atoms with Crippen molar-refractivity contribution in [1.29, 1.82) is 0 Å². The molecule has 0 aromatic heterocycles. The van der Waals surface area contributed by atoms with Gasteiger partial charge >= 0.3 is 6.03 Å². The molecule has 1 aromatic rings. The van der Waals surface area contributed by atoms with E-state index >= 15 is 0 Å². The Kier molecular flexibility index (Phi) is 5.17. The van der Waals surface area contributed by atoms with Crippen molar-refractivity contribution in [2.75, 3.05) is 50.8 Å². The molecule has 2 heterocycles. The van der Waals surface area contributed by atoms with Gasteiger partial charge in [0.25, 0.3) is 0 Å². The van der Waals surface area contributed by atoms with E-state index in [-0.39, 0.29) is 18.9 Å². The molecule has 0 saturated carbocycles. The van der Waals surface area contributed by atoms with Gasteiger partial charge in [-0.2, -0.15) is 11.8 Å². The molecular weight excluding hydrogens is 314 g/mol. The summed E-state index contributed by atoms with van der Waals surface area (Å²) in [4.78, 5) is 16.8. The molecule has 7 heteroatoms. The highest BCUT2D eigenvalue weighted by Crippen LogP contribution is 2.34. The zero-order valence-corrected chi connectivity index (χ0v) is 14.4. The zero-order valence-electron chi connectivity index (χ0n) is 13.6. The van der Waals surface area contributed by atoms with Gasteiger partial charge in [0, 0.05) is 30.6 Å². The van der Waals surface area contributed by atoms with Crippen molar-refractivity contribution in [2.24, 2.45) is 0 Å². The van der Waals surface area contributed by atoms with E-state index in [1.807, 2.05) is 49.0 Å². The Labute approximate surface area is 141 Å². The second-order valence-electron chi connectivity index (χ2n) is 6.04. The summed E-state index contributed by atoms with van der Waals surface area (Å²) in [5.41, 5.74) is 0.736. The first-order valence-electron chi connectivity index (χ1n) is 7.83. The highest BCUT2D eigenvalue weighted by molar-refractivity contribution is 7.99. The van der Waals surface area contributed by atoms with E-state index < -0.39 is 0 Å². The summed E-state index contributed by atoms with van der Waals surface area (Å²) in [5, 5.41) is 3.00. The quantitative estimate of drug-likeness (QED) is 0.917. The number of benzene rings is 1. The van der Waals surface area contributed by atoms with Crippen molar-refractivity contribution < 1.29 is 14.3 Å². The molecule has 2 aliphatic rings. The topological polar surface area (TPSA) is 54.0 Å². The second kappa shape index (κ2) is 7.31. The maximum absolute atomic E-state index is 12.7. The molecule has 1 fully saturated rings. The first kappa shape index (κ1) is 16.3. The third kappa shape index (κ3) is 4.03. The first-order valence-corrected chi connectivity index (χ1v) is 8.98. The van der Waals surface area contributed by atoms with E-state index in [1.165, 1.54) is 0 Å². The molecule has 1 N–H and O–H groups in total. The number of nitrogens with one attached hydrogen (secondary N) is 1. The van der Waals surface area contributed by atoms with Crippen LogP contribution in [0.4, 0.5) is 10.5 Å². The molecule has 3 rings (SSSR count). The number of urea groups is 1. The summed E-state index contributed by atoms with van der Waals surface area (Å²) >= 11 is 1.92. The van der Waals surface area contributed by atoms with Gasteiger partial charge in [-0.25, -0.2) is 4.79 Å². The van der Waals surface area contributed by atoms with Crippen LogP contribution in [0.1, 0.15) is 6.42 Å². The summed E-state index contributed by atoms with van der Waals surface area (Å²) in [6, 6.07) is 5.67. The number of anilines is 1. The summed E-state index contributed by atoms with van der Waals surface area (Å²) in [6.45, 7) is 1.91. The molecule has 0 radical (unpaired) electrons. The van der Waals surface area contributed by atoms with Crippen molar-refractivity contribution in [2.45, 2.75) is 12.5 Å². The molecule has 0 aliphatic carbocycles. The normalized spacial score (nSPS) is 20.5. The molecule has 2 aliphatic heterocycles. The fourth-order valence-electron chi connectivity index (χ4n) is 2.84. The molecule has 1 unspecified atom stereocenters. The van der Waals surface area contributed by atoms with Gasteiger partial charge in [-0.05, 0) is 38.4 Å². The third-order valence-corrected chi connectivity index (χ3v) is 5.10. The monoisotopic (exact) mass is 337 g/mol. The minimum Gasteiger partial charge on any atom is -0.454 e. The van der Waals surface area contributed by atoms with Gasteiger partial charge in [-0.3, -0.25) is 0 Å². The molecule has 1 aromatic carbocycles. The lowest BCUT2D eigenvalue weighted by molar-refractivity contribution is 0.174. The maximum atomic E-state index is 12.7. The van der Waals surface area contributed by atoms with Crippen LogP contribution in [0.3, 0.4) is 0 Å². The van der Waals surface area contributed by atoms with Crippen molar-refractivity contribution >= 4 is 23.5 Å². The number of carbonyl (C=O) groups is 1. The lowest BCUT2D eigenvalue weighted by atomic mass is 10.2. The third-order valence-electron chi connectivity index (χ3n) is 3.90. The summed E-state index contributed by atoms with van der Waals surface area (Å²) in [5.74, 6) is 3.49. The van der Waals surface area contributed by atoms with Crippen LogP contribution >= 0.6 is 11.8 Å². The number of hydrogen-bond acceptors (Lipinski definition) is 5. The van der Waals surface area contributed by atoms with Crippen LogP contribution < -0.4 is 14.8 Å². The van der Waals surface area contributed by atoms with E-state index in [0.29, 0.717) is 5.75 Å². The van der Waals surface area contributed by atoms with Crippen molar-refractivity contribution in [3.63, 3.8) is 0 Å². The van der Waals surface area contributed by atoms with Crippen LogP contribution in [0.25, 0.3) is 0 Å². The first-order chi connectivity index (χ1) is 11.1. The van der Waals surface area contributed by atoms with Gasteiger partial charge in [-0.15, -0.1) is 0 Å². The Hall–Kier alpha value is -1.60. The number of nitrogens with zero attached hydrogens (tertiary/aromatic N) is 2. The number of ether oxygens (including phenoxy) is 2. The van der Waals surface area contributed by atoms with E-state index in [4.69, 9.17) is 9.47 Å². The number of rotatable bonds is 3. The maximum Gasteiger partial charge on any atom is 0.322 e. The van der Waals surface area contributed by atoms with E-state index in [2.05, 4.69) is 10.2 Å². The Morgan fingerprint density at radius 3 is 3.04 bits per heavy atom. The number of thioether (sulfide) groups is 1. The molecule has 0 spiro atoms. The summed E-state index contributed by atoms with van der Waals surface area (Å²) < 4.78 is 10.7. The molecular formula is C16H23N3O3S. The molecule has 6 nitrogen and oxygen atoms in total. The minimum absolute atomic E-state index is 0.0433. The lowest BCUT2D eigenvalue weighted by Gasteiger charge is -2.31. The predicted molar refractivity (Wildman–Crippen MR) is 92.6 cm³/mol. The SMILES string of the molecule is CN(C)CC1CSCCCN1C(=O)Nc1ccc2c(c1)OCO2. The highest BCUT2D eigenvalue weighted by Gasteiger charge is 2.26. The van der Waals surface area contributed by atoms with Gasteiger partial charge in [0.15, 0.2) is 11.5 Å². The van der Waals surface area contributed by atoms with Gasteiger partial charge in [0.05, 0.1) is 6.04 Å². The summed E-state index contributed by atoms with van der Waals surface area (Å²) in [6.07, 6.45) is 1.03. The van der Waals surface area contributed by atoms with Crippen LogP contribution in [0.15, 0.2) is 18.2 Å². The van der Waals surface area contributed by atoms with Crippen molar-refractivity contribution in [3.05, 3.63) is 18.2 Å². The Morgan fingerprint density at radius 1 is 1.39 bits per heavy atom. The van der Waals surface area contributed by atoms with Crippen LogP contribution in [0.2, 0.25) is 0 Å². The minimum atomic E-state index is -0.0433. The van der Waals surface area contributed by atoms with Gasteiger partial charge in [0.1, 0.15) is 0 Å². The zero-order chi connectivity index (χ0) is 16.2. The van der Waals surface area contributed by atoms with Crippen LogP contribution in [0.5, 0.6) is 11.5 Å². The molecule has 2 amide bonds. The number of hydrogen-bond donors (Lipinski definition) is 1. The van der Waals surface area contributed by atoms with Crippen LogP contribution in [-0.4, -0.2) is 67.4 Å². The van der Waals surface area contributed by atoms with Crippen LogP contribution in [0, 0.1) is 0 Å². The molecule has 1 saturated heterocycles. The molecule has 126 valence electrons. The lowest BCUT2D eigenvalue weighted by Crippen LogP contribution is -2.48. The number of amides is 2. The standard InChI is InChI=1S/C16H23N3O3S/c1-18(2)9-13-10-23-7-3-6-19(13)16(20)17-12-4-5-14-15(8-12)22-11-21-14/h4-5,8,13H,3,6-7,9-11H2,1-2H3,(H,17,20). The van der Waals surface area contributed by atoms with Crippen molar-refractivity contribution in [1.82, 2.24) is 9.80 Å². The van der Waals surface area contributed by atoms with Gasteiger partial charge in [0.2, 0.25) is 6.79 Å². The fourth-order valence-corrected chi connectivity index (χ4v) is 3.90. The Bertz CT molecular complexity index is 568. The molecule has 23 heavy (non-hydrogen) atoms. The van der Waals surface area contributed by atoms with Crippen LogP contribution in [-0.2, 0) is 0 Å².